The number of carbonyl (C=O) groups is 2. The molecule has 3 aromatic rings. The van der Waals surface area contributed by atoms with E-state index in [0.717, 1.165) is 16.8 Å². The van der Waals surface area contributed by atoms with Crippen LogP contribution >= 0.6 is 0 Å². The average Bonchev–Trinajstić information content (AvgIpc) is 3.44. The summed E-state index contributed by atoms with van der Waals surface area (Å²) in [7, 11) is -4.06. The highest BCUT2D eigenvalue weighted by molar-refractivity contribution is 7.89. The third kappa shape index (κ3) is 9.89. The summed E-state index contributed by atoms with van der Waals surface area (Å²) in [5.74, 6) is -0.647. The van der Waals surface area contributed by atoms with Gasteiger partial charge in [0.05, 0.1) is 23.3 Å². The van der Waals surface area contributed by atoms with Gasteiger partial charge in [0.1, 0.15) is 6.04 Å². The number of benzene rings is 2. The molecule has 0 bridgehead atoms. The largest absolute Gasteiger partial charge is 0.411 e. The van der Waals surface area contributed by atoms with Gasteiger partial charge in [-0.1, -0.05) is 87.8 Å². The van der Waals surface area contributed by atoms with Crippen LogP contribution < -0.4 is 5.32 Å². The molecule has 1 aliphatic heterocycles. The number of rotatable bonds is 17. The van der Waals surface area contributed by atoms with Crippen molar-refractivity contribution in [1.82, 2.24) is 24.4 Å². The molecule has 1 saturated heterocycles. The number of urea groups is 1. The number of hydrogen-bond acceptors (Lipinski definition) is 8. The zero-order chi connectivity index (χ0) is 36.4. The van der Waals surface area contributed by atoms with Crippen molar-refractivity contribution in [3.8, 4) is 0 Å². The van der Waals surface area contributed by atoms with Gasteiger partial charge in [0.15, 0.2) is 0 Å². The Hall–Kier alpha value is -4.33. The van der Waals surface area contributed by atoms with E-state index in [1.807, 2.05) is 77.1 Å². The first-order valence-electron chi connectivity index (χ1n) is 17.1. The van der Waals surface area contributed by atoms with Gasteiger partial charge < -0.3 is 25.4 Å². The Labute approximate surface area is 295 Å². The molecule has 2 heterocycles. The van der Waals surface area contributed by atoms with E-state index in [2.05, 4.69) is 15.5 Å². The number of aliphatic hydroxyl groups is 1. The molecule has 0 saturated carbocycles. The lowest BCUT2D eigenvalue weighted by molar-refractivity contribution is -0.128. The molecule has 12 nitrogen and oxygen atoms in total. The summed E-state index contributed by atoms with van der Waals surface area (Å²) in [4.78, 5) is 35.6. The minimum atomic E-state index is -4.06. The van der Waals surface area contributed by atoms with Gasteiger partial charge in [-0.15, -0.1) is 0 Å². The van der Waals surface area contributed by atoms with Gasteiger partial charge in [-0.2, -0.15) is 4.31 Å². The van der Waals surface area contributed by atoms with E-state index in [1.54, 1.807) is 16.0 Å². The SMILES string of the molecule is CC[C@H](C)[C@@H](C(=O)N[C@@H](Cc1ccccc1)[C@H](O)CN(CC(C)C)S(=O)(=O)c1ccc(/C=N/O)cc1)N1CCN(Cc2ccc(C)nc2)C1=O. The number of pyridine rings is 1. The second-order valence-electron chi connectivity index (χ2n) is 13.4. The molecular formula is C37H50N6O6S. The van der Waals surface area contributed by atoms with Crippen LogP contribution in [0.3, 0.4) is 0 Å². The van der Waals surface area contributed by atoms with Crippen LogP contribution in [-0.2, 0) is 27.8 Å². The van der Waals surface area contributed by atoms with Crippen LogP contribution in [0.4, 0.5) is 4.79 Å². The van der Waals surface area contributed by atoms with E-state index < -0.39 is 34.1 Å². The summed E-state index contributed by atoms with van der Waals surface area (Å²) >= 11 is 0. The monoisotopic (exact) mass is 706 g/mol. The maximum Gasteiger partial charge on any atom is 0.321 e. The fourth-order valence-electron chi connectivity index (χ4n) is 6.12. The van der Waals surface area contributed by atoms with Gasteiger partial charge in [0.2, 0.25) is 15.9 Å². The topological polar surface area (TPSA) is 156 Å². The Morgan fingerprint density at radius 1 is 1.02 bits per heavy atom. The van der Waals surface area contributed by atoms with Crippen LogP contribution in [0.2, 0.25) is 0 Å². The van der Waals surface area contributed by atoms with Gasteiger partial charge in [-0.05, 0) is 60.1 Å². The molecule has 0 unspecified atom stereocenters. The van der Waals surface area contributed by atoms with Gasteiger partial charge in [0, 0.05) is 44.6 Å². The number of aliphatic hydroxyl groups excluding tert-OH is 1. The van der Waals surface area contributed by atoms with E-state index in [0.29, 0.717) is 31.6 Å². The van der Waals surface area contributed by atoms with Crippen molar-refractivity contribution >= 4 is 28.2 Å². The molecular weight excluding hydrogens is 657 g/mol. The molecule has 4 atom stereocenters. The van der Waals surface area contributed by atoms with Crippen molar-refractivity contribution in [1.29, 1.82) is 0 Å². The quantitative estimate of drug-likeness (QED) is 0.108. The van der Waals surface area contributed by atoms with Crippen LogP contribution in [-0.4, -0.2) is 100 Å². The van der Waals surface area contributed by atoms with Crippen molar-refractivity contribution in [2.45, 2.75) is 77.1 Å². The highest BCUT2D eigenvalue weighted by Gasteiger charge is 2.41. The first kappa shape index (κ1) is 38.5. The van der Waals surface area contributed by atoms with Crippen molar-refractivity contribution in [3.63, 3.8) is 0 Å². The molecule has 0 spiro atoms. The maximum absolute atomic E-state index is 14.2. The Morgan fingerprint density at radius 2 is 1.72 bits per heavy atom. The summed E-state index contributed by atoms with van der Waals surface area (Å²) in [6.07, 6.45) is 2.55. The normalized spacial score (nSPS) is 16.3. The Morgan fingerprint density at radius 3 is 2.32 bits per heavy atom. The molecule has 2 aromatic carbocycles. The van der Waals surface area contributed by atoms with E-state index in [-0.39, 0.29) is 42.3 Å². The number of sulfonamides is 1. The fourth-order valence-corrected chi connectivity index (χ4v) is 7.75. The van der Waals surface area contributed by atoms with Crippen molar-refractivity contribution in [3.05, 3.63) is 95.3 Å². The van der Waals surface area contributed by atoms with Crippen molar-refractivity contribution in [2.24, 2.45) is 17.0 Å². The third-order valence-corrected chi connectivity index (χ3v) is 10.9. The van der Waals surface area contributed by atoms with Crippen molar-refractivity contribution in [2.75, 3.05) is 26.2 Å². The molecule has 50 heavy (non-hydrogen) atoms. The van der Waals surface area contributed by atoms with Gasteiger partial charge in [-0.25, -0.2) is 13.2 Å². The molecule has 3 amide bonds. The highest BCUT2D eigenvalue weighted by atomic mass is 32.2. The van der Waals surface area contributed by atoms with Crippen molar-refractivity contribution < 1.29 is 28.3 Å². The molecule has 0 radical (unpaired) electrons. The van der Waals surface area contributed by atoms with E-state index in [9.17, 15) is 23.1 Å². The van der Waals surface area contributed by atoms with E-state index in [4.69, 9.17) is 5.21 Å². The molecule has 1 aromatic heterocycles. The first-order chi connectivity index (χ1) is 23.8. The first-order valence-corrected chi connectivity index (χ1v) is 18.5. The number of oxime groups is 1. The molecule has 270 valence electrons. The predicted octanol–water partition coefficient (Wildman–Crippen LogP) is 4.29. The lowest BCUT2D eigenvalue weighted by Gasteiger charge is -2.35. The van der Waals surface area contributed by atoms with Gasteiger partial charge in [0.25, 0.3) is 0 Å². The Bertz CT molecular complexity index is 1690. The Kier molecular flexibility index (Phi) is 13.5. The minimum Gasteiger partial charge on any atom is -0.411 e. The number of amides is 3. The number of aromatic nitrogens is 1. The van der Waals surface area contributed by atoms with Crippen LogP contribution in [0.1, 0.15) is 56.5 Å². The molecule has 0 aliphatic carbocycles. The molecule has 3 N–H and O–H groups in total. The summed E-state index contributed by atoms with van der Waals surface area (Å²) in [5.41, 5.74) is 3.16. The van der Waals surface area contributed by atoms with Gasteiger partial charge in [-0.3, -0.25) is 9.78 Å². The zero-order valence-electron chi connectivity index (χ0n) is 29.5. The number of carbonyl (C=O) groups excluding carboxylic acids is 2. The molecule has 1 fully saturated rings. The average molecular weight is 707 g/mol. The van der Waals surface area contributed by atoms with Crippen LogP contribution in [0.25, 0.3) is 0 Å². The van der Waals surface area contributed by atoms with Gasteiger partial charge >= 0.3 is 6.03 Å². The third-order valence-electron chi connectivity index (χ3n) is 9.04. The summed E-state index contributed by atoms with van der Waals surface area (Å²) in [6.45, 7) is 10.7. The van der Waals surface area contributed by atoms with Crippen LogP contribution in [0.5, 0.6) is 0 Å². The standard InChI is InChI=1S/C37H50N6O6S/c1-6-27(4)35(43-19-18-41(37(43)46)24-31-13-12-28(5)38-21-31)36(45)40-33(20-29-10-8-7-9-11-29)34(44)25-42(23-26(2)3)50(48,49)32-16-14-30(15-17-32)22-39-47/h7-17,21-22,26-27,33-35,44,47H,6,18-20,23-25H2,1-5H3,(H,40,45)/b39-22+/t27-,33-,34+,35-/m0/s1. The van der Waals surface area contributed by atoms with Crippen LogP contribution in [0.15, 0.2) is 83.0 Å². The highest BCUT2D eigenvalue weighted by Crippen LogP contribution is 2.24. The predicted molar refractivity (Wildman–Crippen MR) is 192 cm³/mol. The Balaban J connectivity index is 1.59. The summed E-state index contributed by atoms with van der Waals surface area (Å²) < 4.78 is 29.0. The summed E-state index contributed by atoms with van der Waals surface area (Å²) in [5, 5.41) is 26.7. The fraction of sp³-hybridized carbons (Fsp3) is 0.459. The number of hydrogen-bond donors (Lipinski definition) is 3. The lowest BCUT2D eigenvalue weighted by atomic mass is 9.95. The number of aryl methyl sites for hydroxylation is 1. The lowest BCUT2D eigenvalue weighted by Crippen LogP contribution is -2.57. The maximum atomic E-state index is 14.2. The smallest absolute Gasteiger partial charge is 0.321 e. The molecule has 13 heteroatoms. The zero-order valence-corrected chi connectivity index (χ0v) is 30.3. The van der Waals surface area contributed by atoms with Crippen LogP contribution in [0, 0.1) is 18.8 Å². The molecule has 4 rings (SSSR count). The minimum absolute atomic E-state index is 0.0273. The number of nitrogens with one attached hydrogen (secondary N) is 1. The van der Waals surface area contributed by atoms with E-state index in [1.165, 1.54) is 34.8 Å². The summed E-state index contributed by atoms with van der Waals surface area (Å²) in [6, 6.07) is 17.2. The van der Waals surface area contributed by atoms with E-state index >= 15 is 0 Å². The number of nitrogens with zero attached hydrogens (tertiary/aromatic N) is 5. The molecule has 1 aliphatic rings. The second-order valence-corrected chi connectivity index (χ2v) is 15.4. The second kappa shape index (κ2) is 17.6.